The summed E-state index contributed by atoms with van der Waals surface area (Å²) in [5.74, 6) is 2.48. The number of nitrogens with one attached hydrogen (secondary N) is 1. The van der Waals surface area contributed by atoms with Gasteiger partial charge in [0.25, 0.3) is 0 Å². The largest absolute Gasteiger partial charge is 0.381 e. The molecule has 1 unspecified atom stereocenters. The Hall–Kier alpha value is -0.190. The fourth-order valence-corrected chi connectivity index (χ4v) is 3.49. The average Bonchev–Trinajstić information content (AvgIpc) is 2.76. The van der Waals surface area contributed by atoms with Crippen molar-refractivity contribution in [2.24, 2.45) is 0 Å². The molecule has 1 atom stereocenters. The molecule has 0 aromatic heterocycles. The fraction of sp³-hybridized carbons (Fsp3) is 0.500. The molecule has 0 spiro atoms. The van der Waals surface area contributed by atoms with Crippen LogP contribution in [0.25, 0.3) is 0 Å². The first-order chi connectivity index (χ1) is 7.81. The Labute approximate surface area is 109 Å². The topological polar surface area (TPSA) is 21.3 Å². The van der Waals surface area contributed by atoms with Crippen LogP contribution in [-0.4, -0.2) is 24.7 Å². The minimum Gasteiger partial charge on any atom is -0.381 e. The summed E-state index contributed by atoms with van der Waals surface area (Å²) < 4.78 is 6.35. The third-order valence-corrected chi connectivity index (χ3v) is 4.60. The molecule has 0 saturated carbocycles. The van der Waals surface area contributed by atoms with Gasteiger partial charge in [0.1, 0.15) is 0 Å². The number of hydrogen-bond donors (Lipinski definition) is 1. The number of benzene rings is 1. The van der Waals surface area contributed by atoms with Gasteiger partial charge in [-0.2, -0.15) is 11.8 Å². The van der Waals surface area contributed by atoms with Gasteiger partial charge in [-0.3, -0.25) is 0 Å². The van der Waals surface area contributed by atoms with Gasteiger partial charge in [-0.05, 0) is 24.3 Å². The van der Waals surface area contributed by atoms with Gasteiger partial charge in [-0.15, -0.1) is 0 Å². The molecule has 1 saturated heterocycles. The molecule has 0 amide bonds. The summed E-state index contributed by atoms with van der Waals surface area (Å²) in [5.41, 5.74) is 2.41. The van der Waals surface area contributed by atoms with Crippen molar-refractivity contribution in [2.45, 2.75) is 19.1 Å². The van der Waals surface area contributed by atoms with Crippen LogP contribution in [0.3, 0.4) is 0 Å². The van der Waals surface area contributed by atoms with Crippen LogP contribution in [-0.2, 0) is 11.3 Å². The molecule has 1 aromatic rings. The lowest BCUT2D eigenvalue weighted by Crippen LogP contribution is -2.19. The molecule has 1 heterocycles. The second-order valence-electron chi connectivity index (χ2n) is 3.90. The molecular weight excluding hydrogens is 286 g/mol. The quantitative estimate of drug-likeness (QED) is 0.919. The van der Waals surface area contributed by atoms with Crippen LogP contribution >= 0.6 is 27.7 Å². The number of methoxy groups -OCH3 is 1. The Morgan fingerprint density at radius 1 is 1.56 bits per heavy atom. The maximum atomic E-state index is 5.24. The van der Waals surface area contributed by atoms with Crippen LogP contribution in [0.1, 0.15) is 12.0 Å². The SMILES string of the molecule is COCc1c(Br)cccc1NC1CCSC1. The van der Waals surface area contributed by atoms with Crippen molar-refractivity contribution in [1.82, 2.24) is 0 Å². The maximum Gasteiger partial charge on any atom is 0.0744 e. The van der Waals surface area contributed by atoms with Gasteiger partial charge in [0.15, 0.2) is 0 Å². The summed E-state index contributed by atoms with van der Waals surface area (Å²) in [6.45, 7) is 0.642. The molecule has 1 aliphatic heterocycles. The molecule has 88 valence electrons. The predicted octanol–water partition coefficient (Wildman–Crippen LogP) is 3.51. The minimum absolute atomic E-state index is 0.606. The van der Waals surface area contributed by atoms with Crippen molar-refractivity contribution in [1.29, 1.82) is 0 Å². The summed E-state index contributed by atoms with van der Waals surface area (Å²) in [6, 6.07) is 6.86. The Morgan fingerprint density at radius 2 is 2.44 bits per heavy atom. The summed E-state index contributed by atoms with van der Waals surface area (Å²) in [5, 5.41) is 3.60. The smallest absolute Gasteiger partial charge is 0.0744 e. The highest BCUT2D eigenvalue weighted by Crippen LogP contribution is 2.28. The molecule has 1 N–H and O–H groups in total. The molecule has 0 radical (unpaired) electrons. The van der Waals surface area contributed by atoms with Crippen LogP contribution in [0.2, 0.25) is 0 Å². The molecular formula is C12H16BrNOS. The first-order valence-corrected chi connectivity index (χ1v) is 7.36. The van der Waals surface area contributed by atoms with Crippen molar-refractivity contribution in [2.75, 3.05) is 23.9 Å². The number of halogens is 1. The number of anilines is 1. The molecule has 2 rings (SSSR count). The zero-order valence-corrected chi connectivity index (χ0v) is 11.7. The Bertz CT molecular complexity index is 353. The fourth-order valence-electron chi connectivity index (χ4n) is 1.85. The van der Waals surface area contributed by atoms with E-state index in [0.29, 0.717) is 12.6 Å². The molecule has 0 bridgehead atoms. The van der Waals surface area contributed by atoms with E-state index in [9.17, 15) is 0 Å². The molecule has 4 heteroatoms. The second kappa shape index (κ2) is 5.94. The van der Waals surface area contributed by atoms with E-state index in [0.717, 1.165) is 4.47 Å². The van der Waals surface area contributed by atoms with E-state index < -0.39 is 0 Å². The zero-order chi connectivity index (χ0) is 11.4. The van der Waals surface area contributed by atoms with Crippen LogP contribution in [0.5, 0.6) is 0 Å². The van der Waals surface area contributed by atoms with Crippen LogP contribution in [0.15, 0.2) is 22.7 Å². The lowest BCUT2D eigenvalue weighted by Gasteiger charge is -2.17. The Morgan fingerprint density at radius 3 is 3.12 bits per heavy atom. The summed E-state index contributed by atoms with van der Waals surface area (Å²) >= 11 is 5.59. The van der Waals surface area contributed by atoms with E-state index in [1.54, 1.807) is 7.11 Å². The van der Waals surface area contributed by atoms with Gasteiger partial charge in [0.2, 0.25) is 0 Å². The third-order valence-electron chi connectivity index (χ3n) is 2.70. The van der Waals surface area contributed by atoms with Crippen molar-refractivity contribution < 1.29 is 4.74 Å². The summed E-state index contributed by atoms with van der Waals surface area (Å²) in [6.07, 6.45) is 1.25. The lowest BCUT2D eigenvalue weighted by atomic mass is 10.1. The van der Waals surface area contributed by atoms with Crippen molar-refractivity contribution in [3.63, 3.8) is 0 Å². The van der Waals surface area contributed by atoms with E-state index in [1.807, 2.05) is 11.8 Å². The van der Waals surface area contributed by atoms with Gasteiger partial charge in [0, 0.05) is 34.6 Å². The first-order valence-electron chi connectivity index (χ1n) is 5.42. The van der Waals surface area contributed by atoms with Gasteiger partial charge >= 0.3 is 0 Å². The maximum absolute atomic E-state index is 5.24. The predicted molar refractivity (Wildman–Crippen MR) is 74.2 cm³/mol. The van der Waals surface area contributed by atoms with E-state index in [-0.39, 0.29) is 0 Å². The normalized spacial score (nSPS) is 20.0. The van der Waals surface area contributed by atoms with E-state index in [1.165, 1.54) is 29.2 Å². The van der Waals surface area contributed by atoms with Gasteiger partial charge in [-0.1, -0.05) is 22.0 Å². The standard InChI is InChI=1S/C12H16BrNOS/c1-15-7-10-11(13)3-2-4-12(10)14-9-5-6-16-8-9/h2-4,9,14H,5-8H2,1H3. The minimum atomic E-state index is 0.606. The zero-order valence-electron chi connectivity index (χ0n) is 9.33. The second-order valence-corrected chi connectivity index (χ2v) is 5.91. The Balaban J connectivity index is 2.14. The third kappa shape index (κ3) is 2.93. The number of thioether (sulfide) groups is 1. The summed E-state index contributed by atoms with van der Waals surface area (Å²) in [4.78, 5) is 0. The number of hydrogen-bond acceptors (Lipinski definition) is 3. The highest BCUT2D eigenvalue weighted by atomic mass is 79.9. The van der Waals surface area contributed by atoms with Crippen LogP contribution in [0.4, 0.5) is 5.69 Å². The highest BCUT2D eigenvalue weighted by molar-refractivity contribution is 9.10. The highest BCUT2D eigenvalue weighted by Gasteiger charge is 2.16. The molecule has 1 aromatic carbocycles. The summed E-state index contributed by atoms with van der Waals surface area (Å²) in [7, 11) is 1.73. The molecule has 2 nitrogen and oxygen atoms in total. The van der Waals surface area contributed by atoms with E-state index in [4.69, 9.17) is 4.74 Å². The monoisotopic (exact) mass is 301 g/mol. The molecule has 1 aliphatic rings. The molecule has 16 heavy (non-hydrogen) atoms. The van der Waals surface area contributed by atoms with Crippen LogP contribution in [0, 0.1) is 0 Å². The lowest BCUT2D eigenvalue weighted by molar-refractivity contribution is 0.185. The van der Waals surface area contributed by atoms with Crippen molar-refractivity contribution in [3.05, 3.63) is 28.2 Å². The van der Waals surface area contributed by atoms with Gasteiger partial charge in [-0.25, -0.2) is 0 Å². The van der Waals surface area contributed by atoms with Crippen molar-refractivity contribution >= 4 is 33.4 Å². The molecule has 0 aliphatic carbocycles. The van der Waals surface area contributed by atoms with Gasteiger partial charge in [0.05, 0.1) is 6.61 Å². The van der Waals surface area contributed by atoms with Gasteiger partial charge < -0.3 is 10.1 Å². The average molecular weight is 302 g/mol. The van der Waals surface area contributed by atoms with Crippen molar-refractivity contribution in [3.8, 4) is 0 Å². The Kier molecular flexibility index (Phi) is 4.55. The molecule has 1 fully saturated rings. The first kappa shape index (κ1) is 12.3. The number of rotatable bonds is 4. The van der Waals surface area contributed by atoms with E-state index >= 15 is 0 Å². The van der Waals surface area contributed by atoms with Crippen LogP contribution < -0.4 is 5.32 Å². The van der Waals surface area contributed by atoms with E-state index in [2.05, 4.69) is 39.4 Å². The number of ether oxygens (including phenoxy) is 1.